The number of H-pyrrole nitrogens is 1. The predicted molar refractivity (Wildman–Crippen MR) is 159 cm³/mol. The average molecular weight is 573 g/mol. The lowest BCUT2D eigenvalue weighted by molar-refractivity contribution is -0.126. The van der Waals surface area contributed by atoms with E-state index in [1.165, 1.54) is 13.2 Å². The molecule has 0 radical (unpaired) electrons. The maximum atomic E-state index is 14.9. The van der Waals surface area contributed by atoms with Crippen LogP contribution in [-0.4, -0.2) is 65.1 Å². The van der Waals surface area contributed by atoms with Crippen LogP contribution in [0.3, 0.4) is 0 Å². The molecule has 0 saturated carbocycles. The maximum absolute atomic E-state index is 14.9. The largest absolute Gasteiger partial charge is 0.496 e. The van der Waals surface area contributed by atoms with Crippen LogP contribution in [0.4, 0.5) is 4.39 Å². The third-order valence-electron chi connectivity index (χ3n) is 8.11. The number of carbonyl (C=O) groups excluding carboxylic acids is 2. The number of rotatable bonds is 12. The van der Waals surface area contributed by atoms with Gasteiger partial charge in [0.25, 0.3) is 0 Å². The molecule has 1 aliphatic rings. The number of carbonyl (C=O) groups is 2. The Balaban J connectivity index is 1.35. The second kappa shape index (κ2) is 13.4. The molecule has 0 amide bonds. The molecular weight excluding hydrogens is 535 g/mol. The van der Waals surface area contributed by atoms with Gasteiger partial charge in [-0.05, 0) is 74.6 Å². The van der Waals surface area contributed by atoms with Crippen LogP contribution in [-0.2, 0) is 16.1 Å². The highest BCUT2D eigenvalue weighted by atomic mass is 19.1. The number of benzene rings is 2. The molecule has 0 unspecified atom stereocenters. The number of hydrogen-bond acceptors (Lipinski definition) is 7. The number of hydrogen-bond donors (Lipinski definition) is 1. The van der Waals surface area contributed by atoms with E-state index in [9.17, 15) is 14.0 Å². The molecule has 4 aromatic rings. The number of fused-ring (bicyclic) bond motifs is 1. The first-order valence-corrected chi connectivity index (χ1v) is 14.4. The molecule has 1 N–H and O–H groups in total. The molecule has 0 bridgehead atoms. The maximum Gasteiger partial charge on any atom is 0.163 e. The number of ether oxygens (including phenoxy) is 2. The van der Waals surface area contributed by atoms with E-state index in [0.717, 1.165) is 34.3 Å². The van der Waals surface area contributed by atoms with Gasteiger partial charge in [0.1, 0.15) is 23.0 Å². The smallest absolute Gasteiger partial charge is 0.163 e. The number of likely N-dealkylation sites (tertiary alicyclic amines) is 1. The van der Waals surface area contributed by atoms with E-state index >= 15 is 0 Å². The third-order valence-corrected chi connectivity index (χ3v) is 8.11. The van der Waals surface area contributed by atoms with Gasteiger partial charge in [0.15, 0.2) is 5.78 Å². The first-order chi connectivity index (χ1) is 20.4. The second-order valence-corrected chi connectivity index (χ2v) is 11.0. The molecule has 8 nitrogen and oxygen atoms in total. The molecule has 3 heterocycles. The first-order valence-electron chi connectivity index (χ1n) is 14.4. The van der Waals surface area contributed by atoms with Gasteiger partial charge < -0.3 is 9.47 Å². The molecule has 2 atom stereocenters. The Morgan fingerprint density at radius 2 is 1.98 bits per heavy atom. The number of nitrogens with zero attached hydrogens (tertiary/aromatic N) is 3. The molecule has 220 valence electrons. The lowest BCUT2D eigenvalue weighted by atomic mass is 9.85. The number of Topliss-reactive ketones (excluding diaryl/α,β-unsaturated/α-hetero) is 2. The highest BCUT2D eigenvalue weighted by molar-refractivity contribution is 6.02. The number of aryl methyl sites for hydroxylation is 1. The van der Waals surface area contributed by atoms with Crippen LogP contribution in [0, 0.1) is 18.7 Å². The van der Waals surface area contributed by atoms with Crippen LogP contribution in [0.15, 0.2) is 54.7 Å². The van der Waals surface area contributed by atoms with Gasteiger partial charge in [-0.15, -0.1) is 0 Å². The zero-order chi connectivity index (χ0) is 29.6. The minimum atomic E-state index is -0.369. The SMILES string of the molecule is COCCCC(=O)[C@@H]1CC[C@@H](CC(=O)c2ccc3[nH]nc(-c4ccnc(C)c4)c3c2)CN1Cc1c(F)cccc1OC. The van der Waals surface area contributed by atoms with E-state index in [1.807, 2.05) is 42.2 Å². The fraction of sp³-hybridized carbons (Fsp3) is 0.394. The van der Waals surface area contributed by atoms with E-state index in [-0.39, 0.29) is 35.9 Å². The van der Waals surface area contributed by atoms with Gasteiger partial charge in [0, 0.05) is 73.6 Å². The van der Waals surface area contributed by atoms with Crippen molar-refractivity contribution < 1.29 is 23.5 Å². The predicted octanol–water partition coefficient (Wildman–Crippen LogP) is 5.93. The summed E-state index contributed by atoms with van der Waals surface area (Å²) in [7, 11) is 3.14. The lowest BCUT2D eigenvalue weighted by Gasteiger charge is -2.39. The van der Waals surface area contributed by atoms with Gasteiger partial charge in [-0.2, -0.15) is 5.10 Å². The number of pyridine rings is 1. The van der Waals surface area contributed by atoms with E-state index in [2.05, 4.69) is 15.2 Å². The number of piperidine rings is 1. The summed E-state index contributed by atoms with van der Waals surface area (Å²) < 4.78 is 25.5. The van der Waals surface area contributed by atoms with E-state index in [0.29, 0.717) is 55.7 Å². The van der Waals surface area contributed by atoms with Crippen LogP contribution < -0.4 is 4.74 Å². The van der Waals surface area contributed by atoms with Crippen LogP contribution >= 0.6 is 0 Å². The molecule has 42 heavy (non-hydrogen) atoms. The lowest BCUT2D eigenvalue weighted by Crippen LogP contribution is -2.47. The van der Waals surface area contributed by atoms with E-state index < -0.39 is 0 Å². The van der Waals surface area contributed by atoms with Crippen molar-refractivity contribution in [2.24, 2.45) is 5.92 Å². The van der Waals surface area contributed by atoms with Crippen LogP contribution in [0.2, 0.25) is 0 Å². The molecule has 0 spiro atoms. The van der Waals surface area contributed by atoms with Gasteiger partial charge in [-0.25, -0.2) is 4.39 Å². The monoisotopic (exact) mass is 572 g/mol. The summed E-state index contributed by atoms with van der Waals surface area (Å²) in [6.07, 6.45) is 4.49. The van der Waals surface area contributed by atoms with Crippen LogP contribution in [0.5, 0.6) is 5.75 Å². The second-order valence-electron chi connectivity index (χ2n) is 11.0. The Kier molecular flexibility index (Phi) is 9.39. The van der Waals surface area contributed by atoms with Crippen LogP contribution in [0.25, 0.3) is 22.2 Å². The van der Waals surface area contributed by atoms with Gasteiger partial charge in [-0.1, -0.05) is 6.07 Å². The summed E-state index contributed by atoms with van der Waals surface area (Å²) >= 11 is 0. The van der Waals surface area contributed by atoms with Crippen molar-refractivity contribution in [2.45, 2.75) is 51.6 Å². The first kappa shape index (κ1) is 29.5. The normalized spacial score (nSPS) is 17.4. The molecule has 5 rings (SSSR count). The fourth-order valence-corrected chi connectivity index (χ4v) is 5.96. The molecule has 2 aromatic heterocycles. The molecule has 1 fully saturated rings. The van der Waals surface area contributed by atoms with Gasteiger partial charge in [0.05, 0.1) is 18.7 Å². The Hall–Kier alpha value is -3.95. The number of aromatic amines is 1. The summed E-state index contributed by atoms with van der Waals surface area (Å²) in [6, 6.07) is 13.9. The number of nitrogens with one attached hydrogen (secondary N) is 1. The quantitative estimate of drug-likeness (QED) is 0.166. The molecule has 2 aromatic carbocycles. The molecule has 0 aliphatic carbocycles. The van der Waals surface area contributed by atoms with Crippen LogP contribution in [0.1, 0.15) is 53.7 Å². The van der Waals surface area contributed by atoms with Gasteiger partial charge in [0.2, 0.25) is 0 Å². The number of methoxy groups -OCH3 is 2. The fourth-order valence-electron chi connectivity index (χ4n) is 5.96. The summed E-state index contributed by atoms with van der Waals surface area (Å²) in [5, 5.41) is 8.43. The molecule has 1 saturated heterocycles. The minimum Gasteiger partial charge on any atom is -0.496 e. The number of ketones is 2. The molecule has 1 aliphatic heterocycles. The van der Waals surface area contributed by atoms with Crippen molar-refractivity contribution in [1.29, 1.82) is 0 Å². The van der Waals surface area contributed by atoms with E-state index in [1.54, 1.807) is 25.4 Å². The van der Waals surface area contributed by atoms with Gasteiger partial charge in [-0.3, -0.25) is 24.6 Å². The summed E-state index contributed by atoms with van der Waals surface area (Å²) in [6.45, 7) is 3.19. The topological polar surface area (TPSA) is 97.4 Å². The van der Waals surface area contributed by atoms with Crippen molar-refractivity contribution in [3.63, 3.8) is 0 Å². The Bertz CT molecular complexity index is 1570. The molecule has 9 heteroatoms. The Morgan fingerprint density at radius 1 is 1.12 bits per heavy atom. The standard InChI is InChI=1S/C33H37FN4O4/c1-21-16-24(13-14-35-21)33-25-18-23(10-11-28(25)36-37-33)31(40)17-22-9-12-29(30(39)7-5-15-41-2)38(19-22)20-26-27(34)6-4-8-32(26)42-3/h4,6,8,10-11,13-14,16,18,22,29H,5,7,9,12,15,17,19-20H2,1-3H3,(H,36,37)/t22-,29-/m0/s1. The molecular formula is C33H37FN4O4. The van der Waals surface area contributed by atoms with Gasteiger partial charge >= 0.3 is 0 Å². The van der Waals surface area contributed by atoms with Crippen molar-refractivity contribution >= 4 is 22.5 Å². The van der Waals surface area contributed by atoms with Crippen molar-refractivity contribution in [3.05, 3.63) is 77.4 Å². The van der Waals surface area contributed by atoms with Crippen molar-refractivity contribution in [1.82, 2.24) is 20.1 Å². The summed E-state index contributed by atoms with van der Waals surface area (Å²) in [5.41, 5.74) is 4.51. The minimum absolute atomic E-state index is 0.0284. The average Bonchev–Trinajstić information content (AvgIpc) is 3.42. The van der Waals surface area contributed by atoms with Crippen molar-refractivity contribution in [2.75, 3.05) is 27.4 Å². The Labute approximate surface area is 245 Å². The van der Waals surface area contributed by atoms with Crippen molar-refractivity contribution in [3.8, 4) is 17.0 Å². The summed E-state index contributed by atoms with van der Waals surface area (Å²) in [5.74, 6) is 0.268. The zero-order valence-electron chi connectivity index (χ0n) is 24.4. The zero-order valence-corrected chi connectivity index (χ0v) is 24.4. The Morgan fingerprint density at radius 3 is 2.76 bits per heavy atom. The third kappa shape index (κ3) is 6.58. The van der Waals surface area contributed by atoms with E-state index in [4.69, 9.17) is 9.47 Å². The number of aromatic nitrogens is 3. The number of halogens is 1. The highest BCUT2D eigenvalue weighted by Crippen LogP contribution is 2.32. The highest BCUT2D eigenvalue weighted by Gasteiger charge is 2.34. The summed E-state index contributed by atoms with van der Waals surface area (Å²) in [4.78, 5) is 33.1.